The number of piperazine rings is 2. The number of hydrogen-bond donors (Lipinski definition) is 1. The molecular formula is C17H22N6O. The van der Waals surface area contributed by atoms with Gasteiger partial charge in [0.1, 0.15) is 17.5 Å². The third-order valence-corrected chi connectivity index (χ3v) is 4.35. The number of nitrogens with zero attached hydrogens (tertiary/aromatic N) is 5. The highest BCUT2D eigenvalue weighted by Gasteiger charge is 2.22. The number of rotatable bonds is 3. The monoisotopic (exact) mass is 326 g/mol. The van der Waals surface area contributed by atoms with Crippen LogP contribution in [0, 0.1) is 11.3 Å². The molecule has 1 amide bonds. The lowest BCUT2D eigenvalue weighted by atomic mass is 10.2. The van der Waals surface area contributed by atoms with Gasteiger partial charge in [-0.1, -0.05) is 6.07 Å². The Kier molecular flexibility index (Phi) is 5.29. The lowest BCUT2D eigenvalue weighted by Gasteiger charge is -2.35. The second-order valence-electron chi connectivity index (χ2n) is 5.91. The van der Waals surface area contributed by atoms with Gasteiger partial charge in [-0.25, -0.2) is 4.98 Å². The summed E-state index contributed by atoms with van der Waals surface area (Å²) in [4.78, 5) is 22.8. The molecule has 0 aliphatic carbocycles. The number of nitriles is 1. The van der Waals surface area contributed by atoms with E-state index in [9.17, 15) is 10.1 Å². The molecule has 2 aliphatic heterocycles. The molecule has 0 aromatic carbocycles. The zero-order chi connectivity index (χ0) is 16.8. The van der Waals surface area contributed by atoms with E-state index in [0.29, 0.717) is 13.1 Å². The quantitative estimate of drug-likeness (QED) is 0.624. The van der Waals surface area contributed by atoms with E-state index < -0.39 is 0 Å². The molecule has 3 heterocycles. The Morgan fingerprint density at radius 1 is 1.17 bits per heavy atom. The number of aromatic nitrogens is 1. The summed E-state index contributed by atoms with van der Waals surface area (Å²) < 4.78 is 0. The standard InChI is InChI=1S/C17H22N6O/c18-13-15(17(24)23-7-5-19-6-8-23)14-21-9-11-22(12-10-21)16-3-1-2-4-20-16/h1-4,14,19H,5-12H2/b15-14-. The van der Waals surface area contributed by atoms with E-state index in [1.54, 1.807) is 17.3 Å². The summed E-state index contributed by atoms with van der Waals surface area (Å²) in [5.41, 5.74) is 0.225. The van der Waals surface area contributed by atoms with Crippen molar-refractivity contribution in [2.24, 2.45) is 0 Å². The Labute approximate surface area is 142 Å². The summed E-state index contributed by atoms with van der Waals surface area (Å²) in [6, 6.07) is 7.96. The minimum atomic E-state index is -0.161. The van der Waals surface area contributed by atoms with E-state index in [1.807, 2.05) is 18.2 Å². The predicted molar refractivity (Wildman–Crippen MR) is 91.2 cm³/mol. The van der Waals surface area contributed by atoms with Crippen LogP contribution in [0.3, 0.4) is 0 Å². The van der Waals surface area contributed by atoms with Crippen LogP contribution in [-0.4, -0.2) is 73.0 Å². The van der Waals surface area contributed by atoms with Crippen molar-refractivity contribution in [3.05, 3.63) is 36.2 Å². The van der Waals surface area contributed by atoms with Gasteiger partial charge in [-0.3, -0.25) is 4.79 Å². The van der Waals surface area contributed by atoms with Gasteiger partial charge in [-0.15, -0.1) is 0 Å². The highest BCUT2D eigenvalue weighted by Crippen LogP contribution is 2.14. The molecule has 7 heteroatoms. The molecule has 0 bridgehead atoms. The molecule has 2 fully saturated rings. The summed E-state index contributed by atoms with van der Waals surface area (Å²) in [5, 5.41) is 12.6. The van der Waals surface area contributed by atoms with Gasteiger partial charge in [0.25, 0.3) is 5.91 Å². The van der Waals surface area contributed by atoms with Gasteiger partial charge in [-0.2, -0.15) is 5.26 Å². The van der Waals surface area contributed by atoms with Crippen molar-refractivity contribution in [2.75, 3.05) is 57.3 Å². The highest BCUT2D eigenvalue weighted by atomic mass is 16.2. The van der Waals surface area contributed by atoms with Crippen molar-refractivity contribution >= 4 is 11.7 Å². The van der Waals surface area contributed by atoms with Crippen LogP contribution < -0.4 is 10.2 Å². The molecule has 1 aromatic rings. The Morgan fingerprint density at radius 3 is 2.54 bits per heavy atom. The lowest BCUT2D eigenvalue weighted by molar-refractivity contribution is -0.127. The zero-order valence-electron chi connectivity index (χ0n) is 13.7. The molecule has 0 unspecified atom stereocenters. The van der Waals surface area contributed by atoms with E-state index in [2.05, 4.69) is 26.2 Å². The largest absolute Gasteiger partial charge is 0.373 e. The average molecular weight is 326 g/mol. The molecule has 1 aromatic heterocycles. The molecule has 2 saturated heterocycles. The smallest absolute Gasteiger partial charge is 0.266 e. The zero-order valence-corrected chi connectivity index (χ0v) is 13.7. The second-order valence-corrected chi connectivity index (χ2v) is 5.91. The number of amides is 1. The average Bonchev–Trinajstić information content (AvgIpc) is 2.67. The van der Waals surface area contributed by atoms with E-state index in [1.165, 1.54) is 0 Å². The molecule has 0 saturated carbocycles. The van der Waals surface area contributed by atoms with Crippen molar-refractivity contribution < 1.29 is 4.79 Å². The van der Waals surface area contributed by atoms with Crippen LogP contribution in [0.5, 0.6) is 0 Å². The van der Waals surface area contributed by atoms with Crippen LogP contribution in [0.4, 0.5) is 5.82 Å². The molecule has 3 rings (SSSR count). The molecular weight excluding hydrogens is 304 g/mol. The molecule has 2 aliphatic rings. The van der Waals surface area contributed by atoms with Crippen molar-refractivity contribution in [2.45, 2.75) is 0 Å². The first-order valence-electron chi connectivity index (χ1n) is 8.30. The molecule has 0 spiro atoms. The Morgan fingerprint density at radius 2 is 1.92 bits per heavy atom. The lowest BCUT2D eigenvalue weighted by Crippen LogP contribution is -2.47. The number of pyridine rings is 1. The number of hydrogen-bond acceptors (Lipinski definition) is 6. The van der Waals surface area contributed by atoms with E-state index in [-0.39, 0.29) is 11.5 Å². The van der Waals surface area contributed by atoms with Gasteiger partial charge in [0.15, 0.2) is 0 Å². The van der Waals surface area contributed by atoms with E-state index in [4.69, 9.17) is 0 Å². The normalized spacial score (nSPS) is 19.1. The molecule has 0 atom stereocenters. The van der Waals surface area contributed by atoms with Crippen molar-refractivity contribution in [3.8, 4) is 6.07 Å². The van der Waals surface area contributed by atoms with Gasteiger partial charge >= 0.3 is 0 Å². The Bertz CT molecular complexity index is 624. The van der Waals surface area contributed by atoms with Crippen molar-refractivity contribution in [1.29, 1.82) is 5.26 Å². The first-order chi connectivity index (χ1) is 11.8. The van der Waals surface area contributed by atoms with Crippen LogP contribution in [-0.2, 0) is 4.79 Å². The maximum atomic E-state index is 12.4. The van der Waals surface area contributed by atoms with Gasteiger partial charge in [0, 0.05) is 64.8 Å². The number of carbonyl (C=O) groups excluding carboxylic acids is 1. The van der Waals surface area contributed by atoms with Crippen molar-refractivity contribution in [1.82, 2.24) is 20.1 Å². The maximum absolute atomic E-state index is 12.4. The SMILES string of the molecule is N#C/C(=C/N1CCN(c2ccccn2)CC1)C(=O)N1CCNCC1. The maximum Gasteiger partial charge on any atom is 0.266 e. The van der Waals surface area contributed by atoms with E-state index in [0.717, 1.165) is 45.1 Å². The van der Waals surface area contributed by atoms with Gasteiger partial charge < -0.3 is 20.0 Å². The fraction of sp³-hybridized carbons (Fsp3) is 0.471. The molecule has 1 N–H and O–H groups in total. The van der Waals surface area contributed by atoms with Crippen LogP contribution in [0.2, 0.25) is 0 Å². The van der Waals surface area contributed by atoms with E-state index >= 15 is 0 Å². The topological polar surface area (TPSA) is 75.5 Å². The Hall–Kier alpha value is -2.59. The number of anilines is 1. The molecule has 24 heavy (non-hydrogen) atoms. The summed E-state index contributed by atoms with van der Waals surface area (Å²) in [7, 11) is 0. The number of nitrogens with one attached hydrogen (secondary N) is 1. The summed E-state index contributed by atoms with van der Waals surface area (Å²) in [6.45, 7) is 6.09. The summed E-state index contributed by atoms with van der Waals surface area (Å²) in [5.74, 6) is 0.810. The fourth-order valence-electron chi connectivity index (χ4n) is 2.97. The second kappa shape index (κ2) is 7.79. The molecule has 126 valence electrons. The first kappa shape index (κ1) is 16.3. The fourth-order valence-corrected chi connectivity index (χ4v) is 2.97. The minimum Gasteiger partial charge on any atom is -0.373 e. The summed E-state index contributed by atoms with van der Waals surface area (Å²) in [6.07, 6.45) is 3.52. The highest BCUT2D eigenvalue weighted by molar-refractivity contribution is 5.97. The van der Waals surface area contributed by atoms with Crippen molar-refractivity contribution in [3.63, 3.8) is 0 Å². The Balaban J connectivity index is 1.59. The summed E-state index contributed by atoms with van der Waals surface area (Å²) >= 11 is 0. The third kappa shape index (κ3) is 3.84. The molecule has 0 radical (unpaired) electrons. The van der Waals surface area contributed by atoms with Crippen LogP contribution in [0.1, 0.15) is 0 Å². The predicted octanol–water partition coefficient (Wildman–Crippen LogP) is 0.0429. The third-order valence-electron chi connectivity index (χ3n) is 4.35. The van der Waals surface area contributed by atoms with Crippen LogP contribution in [0.15, 0.2) is 36.2 Å². The van der Waals surface area contributed by atoms with Gasteiger partial charge in [0.05, 0.1) is 0 Å². The first-order valence-corrected chi connectivity index (χ1v) is 8.30. The molecule has 7 nitrogen and oxygen atoms in total. The van der Waals surface area contributed by atoms with Gasteiger partial charge in [0.2, 0.25) is 0 Å². The minimum absolute atomic E-state index is 0.161. The van der Waals surface area contributed by atoms with Crippen LogP contribution >= 0.6 is 0 Å². The van der Waals surface area contributed by atoms with Gasteiger partial charge in [-0.05, 0) is 12.1 Å². The number of carbonyl (C=O) groups is 1. The van der Waals surface area contributed by atoms with Crippen LogP contribution in [0.25, 0.3) is 0 Å².